The standard InChI is InChI=1S/2C8H12NO.CH2.2BrH.Ni/c2*1-7-8(10-6-9-7)4-2-3-5-8;;;;/h2*7H,2-5H2,1H3;1H2;2*1H;/q;;;;;+2/p-2/t2*7-;;;;/m00..../s1. The molecule has 4 rings (SSSR count). The van der Waals surface area contributed by atoms with Crippen molar-refractivity contribution < 1.29 is 16.9 Å². The molecule has 2 atom stereocenters. The summed E-state index contributed by atoms with van der Waals surface area (Å²) in [5.41, 5.74) is 4.18. The molecule has 0 amide bonds. The van der Waals surface area contributed by atoms with Crippen LogP contribution in [-0.2, 0) is 16.9 Å². The monoisotopic (exact) mass is 506 g/mol. The van der Waals surface area contributed by atoms with Gasteiger partial charge in [0.1, 0.15) is 0 Å². The van der Waals surface area contributed by atoms with E-state index in [1.807, 2.05) is 0 Å². The number of hydrogen-bond donors (Lipinski definition) is 0. The zero-order valence-corrected chi connectivity index (χ0v) is 18.5. The molecule has 7 heteroatoms. The summed E-state index contributed by atoms with van der Waals surface area (Å²) in [6.07, 6.45) is 9.11. The zero-order valence-electron chi connectivity index (χ0n) is 14.3. The molecule has 0 aromatic rings. The molecule has 0 unspecified atom stereocenters. The van der Waals surface area contributed by atoms with Gasteiger partial charge in [-0.3, -0.25) is 0 Å². The van der Waals surface area contributed by atoms with E-state index < -0.39 is 7.39 Å². The first-order valence-electron chi connectivity index (χ1n) is 8.71. The van der Waals surface area contributed by atoms with E-state index in [1.165, 1.54) is 25.7 Å². The normalized spacial score (nSPS) is 35.4. The summed E-state index contributed by atoms with van der Waals surface area (Å²) in [4.78, 5) is 11.1. The van der Waals surface area contributed by atoms with Crippen molar-refractivity contribution >= 4 is 43.7 Å². The van der Waals surface area contributed by atoms with Crippen LogP contribution in [0.15, 0.2) is 9.98 Å². The van der Waals surface area contributed by atoms with Crippen LogP contribution in [0.4, 0.5) is 0 Å². The second-order valence-electron chi connectivity index (χ2n) is 7.57. The molecule has 0 N–H and O–H groups in total. The minimum atomic E-state index is -2.99. The Kier molecular flexibility index (Phi) is 3.97. The molecule has 140 valence electrons. The van der Waals surface area contributed by atoms with E-state index in [9.17, 15) is 0 Å². The van der Waals surface area contributed by atoms with Crippen molar-refractivity contribution in [3.05, 3.63) is 0 Å². The molecule has 4 nitrogen and oxygen atoms in total. The van der Waals surface area contributed by atoms with Crippen molar-refractivity contribution in [1.29, 1.82) is 0 Å². The van der Waals surface area contributed by atoms with Crippen molar-refractivity contribution in [2.45, 2.75) is 88.5 Å². The first kappa shape index (κ1) is 17.7. The van der Waals surface area contributed by atoms with E-state index >= 15 is 0 Å². The molecule has 0 radical (unpaired) electrons. The van der Waals surface area contributed by atoms with Gasteiger partial charge in [0.05, 0.1) is 0 Å². The quantitative estimate of drug-likeness (QED) is 0.498. The van der Waals surface area contributed by atoms with Crippen molar-refractivity contribution in [2.75, 3.05) is 0 Å². The third kappa shape index (κ3) is 2.44. The number of halogens is 2. The van der Waals surface area contributed by atoms with E-state index in [0.29, 0.717) is 9.74 Å². The molecule has 4 aliphatic rings. The SMILES string of the molecule is [CH2]=[Ni]([Br])([Br])([C]1=N[C@@H](C)C2(CCCC2)O1)[C]1=N[C@@H](C)C2(CCCC2)O1. The topological polar surface area (TPSA) is 43.2 Å². The van der Waals surface area contributed by atoms with Crippen LogP contribution in [0.1, 0.15) is 65.2 Å². The van der Waals surface area contributed by atoms with Crippen LogP contribution >= 0.6 is 28.5 Å². The van der Waals surface area contributed by atoms with Crippen molar-refractivity contribution in [2.24, 2.45) is 9.98 Å². The molecule has 2 heterocycles. The van der Waals surface area contributed by atoms with Gasteiger partial charge < -0.3 is 0 Å². The number of hydrogen-bond acceptors (Lipinski definition) is 4. The van der Waals surface area contributed by atoms with Crippen LogP contribution < -0.4 is 0 Å². The van der Waals surface area contributed by atoms with Gasteiger partial charge in [0.2, 0.25) is 0 Å². The molecule has 24 heavy (non-hydrogen) atoms. The number of aliphatic imine (C=N–C) groups is 2. The van der Waals surface area contributed by atoms with E-state index in [4.69, 9.17) is 19.5 Å². The van der Waals surface area contributed by atoms with Gasteiger partial charge in [-0.15, -0.1) is 0 Å². The summed E-state index contributed by atoms with van der Waals surface area (Å²) >= 11 is 7.73. The Bertz CT molecular complexity index is 633. The van der Waals surface area contributed by atoms with Crippen LogP contribution in [0.5, 0.6) is 0 Å². The molecule has 0 aromatic carbocycles. The average molecular weight is 509 g/mol. The molecular formula is C17H26Br2N2NiO2. The van der Waals surface area contributed by atoms with Crippen molar-refractivity contribution in [3.8, 4) is 0 Å². The molecule has 2 aliphatic heterocycles. The zero-order chi connectivity index (χ0) is 17.2. The Morgan fingerprint density at radius 2 is 1.21 bits per heavy atom. The van der Waals surface area contributed by atoms with Crippen LogP contribution in [0.25, 0.3) is 0 Å². The van der Waals surface area contributed by atoms with Gasteiger partial charge in [0.15, 0.2) is 0 Å². The fourth-order valence-electron chi connectivity index (χ4n) is 4.38. The molecule has 0 bridgehead atoms. The predicted octanol–water partition coefficient (Wildman–Crippen LogP) is 4.90. The Morgan fingerprint density at radius 1 is 0.875 bits per heavy atom. The molecule has 2 saturated carbocycles. The van der Waals surface area contributed by atoms with E-state index in [0.717, 1.165) is 25.7 Å². The molecule has 2 spiro atoms. The molecule has 2 aliphatic carbocycles. The second kappa shape index (κ2) is 5.39. The maximum atomic E-state index is 6.47. The van der Waals surface area contributed by atoms with Gasteiger partial charge in [-0.2, -0.15) is 0 Å². The van der Waals surface area contributed by atoms with Gasteiger partial charge in [0, 0.05) is 0 Å². The third-order valence-corrected chi connectivity index (χ3v) is 11.7. The molecular weight excluding hydrogens is 483 g/mol. The van der Waals surface area contributed by atoms with Crippen LogP contribution in [-0.4, -0.2) is 38.5 Å². The van der Waals surface area contributed by atoms with Crippen molar-refractivity contribution in [3.63, 3.8) is 0 Å². The molecule has 2 fully saturated rings. The Morgan fingerprint density at radius 3 is 1.54 bits per heavy atom. The fourth-order valence-corrected chi connectivity index (χ4v) is 8.15. The van der Waals surface area contributed by atoms with E-state index in [2.05, 4.69) is 47.8 Å². The number of rotatable bonds is 2. The summed E-state index contributed by atoms with van der Waals surface area (Å²) in [5.74, 6) is 0. The minimum absolute atomic E-state index is 0.149. The average Bonchev–Trinajstić information content (AvgIpc) is 3.26. The molecule has 0 saturated heterocycles. The van der Waals surface area contributed by atoms with E-state index in [1.54, 1.807) is 0 Å². The number of nitrogens with zero attached hydrogens (tertiary/aromatic N) is 2. The summed E-state index contributed by atoms with van der Waals surface area (Å²) in [6, 6.07) is 0.314. The summed E-state index contributed by atoms with van der Waals surface area (Å²) < 4.78 is 12.9. The van der Waals surface area contributed by atoms with Gasteiger partial charge >= 0.3 is 159 Å². The van der Waals surface area contributed by atoms with Gasteiger partial charge in [-0.25, -0.2) is 0 Å². The fraction of sp³-hybridized carbons (Fsp3) is 0.824. The first-order chi connectivity index (χ1) is 11.2. The summed E-state index contributed by atoms with van der Waals surface area (Å²) in [5, 5.41) is 0. The maximum absolute atomic E-state index is 6.47. The third-order valence-electron chi connectivity index (χ3n) is 6.09. The Balaban J connectivity index is 1.65. The van der Waals surface area contributed by atoms with Crippen LogP contribution in [0.2, 0.25) is 0 Å². The van der Waals surface area contributed by atoms with Crippen molar-refractivity contribution in [1.82, 2.24) is 0 Å². The van der Waals surface area contributed by atoms with Gasteiger partial charge in [0.25, 0.3) is 0 Å². The van der Waals surface area contributed by atoms with Crippen LogP contribution in [0, 0.1) is 0 Å². The van der Waals surface area contributed by atoms with E-state index in [-0.39, 0.29) is 23.3 Å². The second-order valence-corrected chi connectivity index (χ2v) is 22.7. The predicted molar refractivity (Wildman–Crippen MR) is 103 cm³/mol. The first-order valence-corrected chi connectivity index (χ1v) is 15.3. The summed E-state index contributed by atoms with van der Waals surface area (Å²) in [7, 11) is -2.99. The number of ether oxygens (including phenoxy) is 2. The Labute approximate surface area is 158 Å². The molecule has 0 aromatic heterocycles. The summed E-state index contributed by atoms with van der Waals surface area (Å²) in [6.45, 7) is 4.31. The van der Waals surface area contributed by atoms with Gasteiger partial charge in [-0.05, 0) is 0 Å². The van der Waals surface area contributed by atoms with Crippen LogP contribution in [0.3, 0.4) is 0 Å². The Hall–Kier alpha value is 0.264. The van der Waals surface area contributed by atoms with Gasteiger partial charge in [-0.1, -0.05) is 0 Å².